The van der Waals surface area contributed by atoms with E-state index < -0.39 is 18.8 Å². The van der Waals surface area contributed by atoms with Crippen LogP contribution in [0.25, 0.3) is 0 Å². The summed E-state index contributed by atoms with van der Waals surface area (Å²) in [5.41, 5.74) is 0. The van der Waals surface area contributed by atoms with Crippen LogP contribution in [0, 0.1) is 0 Å². The lowest BCUT2D eigenvalue weighted by Crippen LogP contribution is -2.19. The molecule has 0 spiro atoms. The van der Waals surface area contributed by atoms with Crippen molar-refractivity contribution in [3.63, 3.8) is 0 Å². The molecule has 1 N–H and O–H groups in total. The van der Waals surface area contributed by atoms with Gasteiger partial charge >= 0.3 is 0 Å². The van der Waals surface area contributed by atoms with Gasteiger partial charge in [0.25, 0.3) is 0 Å². The summed E-state index contributed by atoms with van der Waals surface area (Å²) in [5.74, 6) is -0.625. The molecule has 0 unspecified atom stereocenters. The summed E-state index contributed by atoms with van der Waals surface area (Å²) in [6, 6.07) is 0. The van der Waals surface area contributed by atoms with Crippen LogP contribution in [0.3, 0.4) is 0 Å². The van der Waals surface area contributed by atoms with Crippen molar-refractivity contribution in [2.24, 2.45) is 0 Å². The second kappa shape index (κ2) is 3.35. The van der Waals surface area contributed by atoms with Gasteiger partial charge in [-0.1, -0.05) is 0 Å². The Kier molecular flexibility index (Phi) is 3.07. The van der Waals surface area contributed by atoms with E-state index >= 15 is 0 Å². The smallest absolute Gasteiger partial charge is 0.247 e. The summed E-state index contributed by atoms with van der Waals surface area (Å²) in [5, 5.41) is 2.08. The van der Waals surface area contributed by atoms with Crippen molar-refractivity contribution < 1.29 is 13.6 Å². The van der Waals surface area contributed by atoms with E-state index in [4.69, 9.17) is 0 Å². The second-order valence-corrected chi connectivity index (χ2v) is 1.27. The third-order valence-electron chi connectivity index (χ3n) is 0.619. The van der Waals surface area contributed by atoms with E-state index in [-0.39, 0.29) is 0 Å². The predicted octanol–water partition coefficient (Wildman–Crippen LogP) is 0.388. The van der Waals surface area contributed by atoms with Crippen molar-refractivity contribution in [1.29, 1.82) is 0 Å². The Hall–Kier alpha value is -0.670. The number of nitrogens with one attached hydrogen (secondary N) is 1. The van der Waals surface area contributed by atoms with Crippen LogP contribution in [0.1, 0.15) is 6.42 Å². The zero-order valence-corrected chi connectivity index (χ0v) is 4.45. The highest BCUT2D eigenvalue weighted by Gasteiger charge is 2.07. The first-order valence-electron chi connectivity index (χ1n) is 2.15. The number of hydrogen-bond donors (Lipinski definition) is 1. The largest absolute Gasteiger partial charge is 0.359 e. The lowest BCUT2D eigenvalue weighted by atomic mass is 10.4. The molecule has 2 nitrogen and oxygen atoms in total. The molecule has 4 heteroatoms. The summed E-state index contributed by atoms with van der Waals surface area (Å²) in [6.07, 6.45) is -3.23. The molecule has 0 rings (SSSR count). The number of amides is 1. The first-order valence-corrected chi connectivity index (χ1v) is 2.15. The van der Waals surface area contributed by atoms with E-state index in [1.54, 1.807) is 0 Å². The molecule has 0 heterocycles. The van der Waals surface area contributed by atoms with Crippen LogP contribution < -0.4 is 5.32 Å². The fourth-order valence-electron chi connectivity index (χ4n) is 0.242. The van der Waals surface area contributed by atoms with Gasteiger partial charge in [-0.3, -0.25) is 4.79 Å². The standard InChI is InChI=1S/C4H7F2NO/c1-7-4(8)2-3(5)6/h3H,2H2,1H3,(H,7,8). The van der Waals surface area contributed by atoms with E-state index in [1.807, 2.05) is 0 Å². The highest BCUT2D eigenvalue weighted by Crippen LogP contribution is 1.96. The maximum Gasteiger partial charge on any atom is 0.247 e. The van der Waals surface area contributed by atoms with E-state index in [0.29, 0.717) is 0 Å². The Balaban J connectivity index is 3.25. The number of carbonyl (C=O) groups is 1. The summed E-state index contributed by atoms with van der Waals surface area (Å²) >= 11 is 0. The molecule has 0 atom stereocenters. The molecule has 0 fully saturated rings. The molecule has 0 radical (unpaired) electrons. The van der Waals surface area contributed by atoms with Crippen LogP contribution >= 0.6 is 0 Å². The Morgan fingerprint density at radius 2 is 2.25 bits per heavy atom. The van der Waals surface area contributed by atoms with Gasteiger partial charge in [0.1, 0.15) is 0 Å². The van der Waals surface area contributed by atoms with Gasteiger partial charge in [0, 0.05) is 7.05 Å². The average Bonchev–Trinajstić information content (AvgIpc) is 1.65. The SMILES string of the molecule is CNC(=O)CC(F)F. The Bertz CT molecular complexity index is 84.1. The molecule has 1 amide bonds. The molecule has 0 bridgehead atoms. The Labute approximate surface area is 45.9 Å². The highest BCUT2D eigenvalue weighted by atomic mass is 19.3. The Morgan fingerprint density at radius 3 is 2.38 bits per heavy atom. The van der Waals surface area contributed by atoms with Gasteiger partial charge in [0.15, 0.2) is 0 Å². The van der Waals surface area contributed by atoms with E-state index in [9.17, 15) is 13.6 Å². The van der Waals surface area contributed by atoms with E-state index in [0.717, 1.165) is 0 Å². The van der Waals surface area contributed by atoms with E-state index in [1.165, 1.54) is 7.05 Å². The maximum absolute atomic E-state index is 11.2. The molecule has 0 saturated heterocycles. The second-order valence-electron chi connectivity index (χ2n) is 1.27. The van der Waals surface area contributed by atoms with Crippen molar-refractivity contribution in [2.75, 3.05) is 7.05 Å². The average molecular weight is 123 g/mol. The topological polar surface area (TPSA) is 29.1 Å². The first kappa shape index (κ1) is 7.33. The van der Waals surface area contributed by atoms with Crippen LogP contribution in [0.4, 0.5) is 8.78 Å². The number of alkyl halides is 2. The monoisotopic (exact) mass is 123 g/mol. The molecule has 0 aliphatic heterocycles. The van der Waals surface area contributed by atoms with Crippen molar-refractivity contribution >= 4 is 5.91 Å². The normalized spacial score (nSPS) is 9.50. The van der Waals surface area contributed by atoms with Gasteiger partial charge in [0.2, 0.25) is 12.3 Å². The molecule has 0 aromatic rings. The molecule has 0 aromatic heterocycles. The third kappa shape index (κ3) is 3.52. The van der Waals surface area contributed by atoms with Crippen LogP contribution in [-0.2, 0) is 4.79 Å². The molecule has 0 aliphatic carbocycles. The molecule has 48 valence electrons. The summed E-state index contributed by atoms with van der Waals surface area (Å²) in [7, 11) is 1.32. The van der Waals surface area contributed by atoms with Crippen LogP contribution in [-0.4, -0.2) is 19.4 Å². The van der Waals surface area contributed by atoms with Gasteiger partial charge in [-0.15, -0.1) is 0 Å². The first-order chi connectivity index (χ1) is 3.66. The van der Waals surface area contributed by atoms with Crippen LogP contribution in [0.2, 0.25) is 0 Å². The Morgan fingerprint density at radius 1 is 1.75 bits per heavy atom. The minimum Gasteiger partial charge on any atom is -0.359 e. The van der Waals surface area contributed by atoms with Gasteiger partial charge in [-0.2, -0.15) is 0 Å². The number of carbonyl (C=O) groups excluding carboxylic acids is 1. The van der Waals surface area contributed by atoms with Gasteiger partial charge < -0.3 is 5.32 Å². The molecule has 0 aromatic carbocycles. The zero-order chi connectivity index (χ0) is 6.57. The van der Waals surface area contributed by atoms with Crippen molar-refractivity contribution in [3.8, 4) is 0 Å². The fraction of sp³-hybridized carbons (Fsp3) is 0.750. The highest BCUT2D eigenvalue weighted by molar-refractivity contribution is 5.75. The quantitative estimate of drug-likeness (QED) is 0.565. The lowest BCUT2D eigenvalue weighted by Gasteiger charge is -1.94. The lowest BCUT2D eigenvalue weighted by molar-refractivity contribution is -0.123. The molecule has 0 aliphatic rings. The minimum atomic E-state index is -2.53. The number of rotatable bonds is 2. The molecular weight excluding hydrogens is 116 g/mol. The van der Waals surface area contributed by atoms with Crippen molar-refractivity contribution in [2.45, 2.75) is 12.8 Å². The number of hydrogen-bond acceptors (Lipinski definition) is 1. The van der Waals surface area contributed by atoms with Crippen molar-refractivity contribution in [3.05, 3.63) is 0 Å². The minimum absolute atomic E-state index is 0.625. The van der Waals surface area contributed by atoms with Crippen LogP contribution in [0.5, 0.6) is 0 Å². The molecule has 0 saturated carbocycles. The molecule has 8 heavy (non-hydrogen) atoms. The van der Waals surface area contributed by atoms with Crippen LogP contribution in [0.15, 0.2) is 0 Å². The molecular formula is C4H7F2NO. The summed E-state index contributed by atoms with van der Waals surface area (Å²) in [6.45, 7) is 0. The number of halogens is 2. The predicted molar refractivity (Wildman–Crippen MR) is 24.7 cm³/mol. The van der Waals surface area contributed by atoms with Gasteiger partial charge in [-0.25, -0.2) is 8.78 Å². The zero-order valence-electron chi connectivity index (χ0n) is 4.45. The third-order valence-corrected chi connectivity index (χ3v) is 0.619. The fourth-order valence-corrected chi connectivity index (χ4v) is 0.242. The summed E-state index contributed by atoms with van der Waals surface area (Å²) < 4.78 is 22.4. The van der Waals surface area contributed by atoms with Crippen molar-refractivity contribution in [1.82, 2.24) is 5.32 Å². The van der Waals surface area contributed by atoms with Gasteiger partial charge in [-0.05, 0) is 0 Å². The van der Waals surface area contributed by atoms with E-state index in [2.05, 4.69) is 5.32 Å². The maximum atomic E-state index is 11.2. The summed E-state index contributed by atoms with van der Waals surface area (Å²) in [4.78, 5) is 10.0. The van der Waals surface area contributed by atoms with Gasteiger partial charge in [0.05, 0.1) is 6.42 Å².